The second-order valence-electron chi connectivity index (χ2n) is 7.92. The molecule has 0 aromatic heterocycles. The maximum atomic E-state index is 13.1. The molecule has 34 heavy (non-hydrogen) atoms. The van der Waals surface area contributed by atoms with Gasteiger partial charge in [0.25, 0.3) is 5.91 Å². The third-order valence-corrected chi connectivity index (χ3v) is 6.47. The third-order valence-electron chi connectivity index (χ3n) is 5.46. The van der Waals surface area contributed by atoms with Crippen molar-refractivity contribution in [3.8, 4) is 11.1 Å². The number of carboxylic acids is 1. The van der Waals surface area contributed by atoms with Gasteiger partial charge in [0.1, 0.15) is 6.04 Å². The Morgan fingerprint density at radius 2 is 1.76 bits per heavy atom. The average Bonchev–Trinajstić information content (AvgIpc) is 2.83. The number of hydrogen-bond acceptors (Lipinski definition) is 4. The maximum Gasteiger partial charge on any atom is 0.326 e. The highest BCUT2D eigenvalue weighted by molar-refractivity contribution is 7.98. The van der Waals surface area contributed by atoms with Crippen molar-refractivity contribution in [2.45, 2.75) is 32.6 Å². The minimum absolute atomic E-state index is 0.345. The Hall–Kier alpha value is -2.80. The van der Waals surface area contributed by atoms with Crippen molar-refractivity contribution in [2.24, 2.45) is 0 Å². The highest BCUT2D eigenvalue weighted by atomic mass is 35.5. The number of carbonyl (C=O) groups excluding carboxylic acids is 1. The number of halogens is 1. The molecule has 0 aliphatic heterocycles. The van der Waals surface area contributed by atoms with Crippen LogP contribution in [0.2, 0.25) is 5.02 Å². The van der Waals surface area contributed by atoms with E-state index in [0.29, 0.717) is 36.0 Å². The summed E-state index contributed by atoms with van der Waals surface area (Å²) in [5.41, 5.74) is 4.91. The molecule has 2 N–H and O–H groups in total. The number of amides is 1. The van der Waals surface area contributed by atoms with Gasteiger partial charge in [-0.05, 0) is 71.4 Å². The first kappa shape index (κ1) is 25.8. The first-order chi connectivity index (χ1) is 16.4. The molecule has 0 saturated heterocycles. The van der Waals surface area contributed by atoms with Gasteiger partial charge in [-0.15, -0.1) is 0 Å². The first-order valence-corrected chi connectivity index (χ1v) is 12.7. The molecular weight excluding hydrogens is 470 g/mol. The summed E-state index contributed by atoms with van der Waals surface area (Å²) in [5.74, 6) is -0.802. The van der Waals surface area contributed by atoms with Gasteiger partial charge in [-0.1, -0.05) is 60.1 Å². The van der Waals surface area contributed by atoms with E-state index in [4.69, 9.17) is 16.3 Å². The Labute approximate surface area is 209 Å². The number of nitrogens with one attached hydrogen (secondary N) is 1. The lowest BCUT2D eigenvalue weighted by atomic mass is 9.93. The van der Waals surface area contributed by atoms with E-state index in [1.54, 1.807) is 17.8 Å². The summed E-state index contributed by atoms with van der Waals surface area (Å²) < 4.78 is 5.88. The van der Waals surface area contributed by atoms with Crippen LogP contribution < -0.4 is 5.32 Å². The molecule has 178 valence electrons. The predicted octanol–water partition coefficient (Wildman–Crippen LogP) is 5.97. The number of carboxylic acid groups (broad SMARTS) is 1. The highest BCUT2D eigenvalue weighted by Gasteiger charge is 2.22. The SMILES string of the molecule is CSCC[C@H](NC(=O)c1ccc(COCc2ccccc2Cl)cc1-c1ccccc1C)C(=O)O. The number of hydrogen-bond donors (Lipinski definition) is 2. The smallest absolute Gasteiger partial charge is 0.326 e. The van der Waals surface area contributed by atoms with Crippen LogP contribution in [-0.4, -0.2) is 35.0 Å². The van der Waals surface area contributed by atoms with Gasteiger partial charge in [0.05, 0.1) is 13.2 Å². The molecule has 7 heteroatoms. The lowest BCUT2D eigenvalue weighted by molar-refractivity contribution is -0.139. The number of thioether (sulfide) groups is 1. The highest BCUT2D eigenvalue weighted by Crippen LogP contribution is 2.29. The summed E-state index contributed by atoms with van der Waals surface area (Å²) in [6.07, 6.45) is 2.26. The van der Waals surface area contributed by atoms with E-state index >= 15 is 0 Å². The quantitative estimate of drug-likeness (QED) is 0.341. The molecule has 0 fully saturated rings. The Bertz CT molecular complexity index is 1150. The van der Waals surface area contributed by atoms with E-state index < -0.39 is 17.9 Å². The molecule has 0 aliphatic carbocycles. The second kappa shape index (κ2) is 12.6. The fourth-order valence-electron chi connectivity index (χ4n) is 3.60. The fourth-order valence-corrected chi connectivity index (χ4v) is 4.26. The number of ether oxygens (including phenoxy) is 1. The number of carbonyl (C=O) groups is 2. The van der Waals surface area contributed by atoms with Gasteiger partial charge in [0, 0.05) is 10.6 Å². The van der Waals surface area contributed by atoms with E-state index in [2.05, 4.69) is 5.32 Å². The standard InChI is InChI=1S/C27H28ClNO4S/c1-18-7-3-5-9-21(18)23-15-19(16-33-17-20-8-4-6-10-24(20)28)11-12-22(23)26(30)29-25(27(31)32)13-14-34-2/h3-12,15,25H,13-14,16-17H2,1-2H3,(H,29,30)(H,31,32)/t25-/m0/s1. The molecule has 0 unspecified atom stereocenters. The molecule has 0 aliphatic rings. The summed E-state index contributed by atoms with van der Waals surface area (Å²) in [6.45, 7) is 2.70. The number of benzene rings is 3. The monoisotopic (exact) mass is 497 g/mol. The number of rotatable bonds is 11. The van der Waals surface area contributed by atoms with Gasteiger partial charge >= 0.3 is 5.97 Å². The first-order valence-electron chi connectivity index (χ1n) is 10.9. The van der Waals surface area contributed by atoms with Crippen LogP contribution >= 0.6 is 23.4 Å². The van der Waals surface area contributed by atoms with Crippen LogP contribution in [0.4, 0.5) is 0 Å². The van der Waals surface area contributed by atoms with E-state index in [1.165, 1.54) is 0 Å². The van der Waals surface area contributed by atoms with Crippen LogP contribution in [-0.2, 0) is 22.7 Å². The zero-order chi connectivity index (χ0) is 24.5. The molecule has 0 heterocycles. The molecule has 0 spiro atoms. The van der Waals surface area contributed by atoms with Crippen LogP contribution in [0.1, 0.15) is 33.5 Å². The van der Waals surface area contributed by atoms with Crippen LogP contribution in [0, 0.1) is 6.92 Å². The Morgan fingerprint density at radius 1 is 1.03 bits per heavy atom. The number of aliphatic carboxylic acids is 1. The van der Waals surface area contributed by atoms with Crippen LogP contribution in [0.15, 0.2) is 66.7 Å². The van der Waals surface area contributed by atoms with Crippen molar-refractivity contribution in [1.29, 1.82) is 0 Å². The van der Waals surface area contributed by atoms with E-state index in [1.807, 2.05) is 73.8 Å². The topological polar surface area (TPSA) is 75.6 Å². The third kappa shape index (κ3) is 6.86. The molecule has 1 atom stereocenters. The Kier molecular flexibility index (Phi) is 9.57. The van der Waals surface area contributed by atoms with Gasteiger partial charge in [0.2, 0.25) is 0 Å². The fraction of sp³-hybridized carbons (Fsp3) is 0.259. The van der Waals surface area contributed by atoms with Gasteiger partial charge in [0.15, 0.2) is 0 Å². The molecule has 3 aromatic rings. The minimum atomic E-state index is -1.04. The van der Waals surface area contributed by atoms with E-state index in [-0.39, 0.29) is 0 Å². The minimum Gasteiger partial charge on any atom is -0.480 e. The summed E-state index contributed by atoms with van der Waals surface area (Å²) >= 11 is 7.76. The molecular formula is C27H28ClNO4S. The summed E-state index contributed by atoms with van der Waals surface area (Å²) in [6, 6.07) is 19.9. The van der Waals surface area contributed by atoms with E-state index in [0.717, 1.165) is 27.8 Å². The van der Waals surface area contributed by atoms with Gasteiger partial charge in [-0.2, -0.15) is 11.8 Å². The van der Waals surface area contributed by atoms with Crippen molar-refractivity contribution in [2.75, 3.05) is 12.0 Å². The van der Waals surface area contributed by atoms with Crippen molar-refractivity contribution in [3.05, 3.63) is 94.0 Å². The van der Waals surface area contributed by atoms with Crippen LogP contribution in [0.5, 0.6) is 0 Å². The van der Waals surface area contributed by atoms with Crippen molar-refractivity contribution in [3.63, 3.8) is 0 Å². The lowest BCUT2D eigenvalue weighted by Gasteiger charge is -2.18. The Morgan fingerprint density at radius 3 is 2.47 bits per heavy atom. The molecule has 3 rings (SSSR count). The summed E-state index contributed by atoms with van der Waals surface area (Å²) in [4.78, 5) is 24.8. The molecule has 0 bridgehead atoms. The van der Waals surface area contributed by atoms with Gasteiger partial charge < -0.3 is 15.2 Å². The lowest BCUT2D eigenvalue weighted by Crippen LogP contribution is -2.41. The van der Waals surface area contributed by atoms with Crippen LogP contribution in [0.3, 0.4) is 0 Å². The normalized spacial score (nSPS) is 11.7. The molecule has 0 radical (unpaired) electrons. The Balaban J connectivity index is 1.86. The zero-order valence-electron chi connectivity index (χ0n) is 19.2. The van der Waals surface area contributed by atoms with Crippen molar-refractivity contribution in [1.82, 2.24) is 5.32 Å². The molecule has 5 nitrogen and oxygen atoms in total. The van der Waals surface area contributed by atoms with Gasteiger partial charge in [-0.25, -0.2) is 4.79 Å². The summed E-state index contributed by atoms with van der Waals surface area (Å²) in [7, 11) is 0. The predicted molar refractivity (Wildman–Crippen MR) is 138 cm³/mol. The molecule has 1 amide bonds. The number of aryl methyl sites for hydroxylation is 1. The molecule has 3 aromatic carbocycles. The maximum absolute atomic E-state index is 13.1. The van der Waals surface area contributed by atoms with Crippen molar-refractivity contribution >= 4 is 35.2 Å². The van der Waals surface area contributed by atoms with E-state index in [9.17, 15) is 14.7 Å². The average molecular weight is 498 g/mol. The second-order valence-corrected chi connectivity index (χ2v) is 9.32. The zero-order valence-corrected chi connectivity index (χ0v) is 20.8. The summed E-state index contributed by atoms with van der Waals surface area (Å²) in [5, 5.41) is 12.9. The molecule has 0 saturated carbocycles. The van der Waals surface area contributed by atoms with Crippen LogP contribution in [0.25, 0.3) is 11.1 Å². The largest absolute Gasteiger partial charge is 0.480 e. The van der Waals surface area contributed by atoms with Crippen molar-refractivity contribution < 1.29 is 19.4 Å². The van der Waals surface area contributed by atoms with Gasteiger partial charge in [-0.3, -0.25) is 4.79 Å².